The predicted octanol–water partition coefficient (Wildman–Crippen LogP) is 5.42. The summed E-state index contributed by atoms with van der Waals surface area (Å²) >= 11 is 13.4. The van der Waals surface area contributed by atoms with Gasteiger partial charge in [0.05, 0.1) is 15.1 Å². The Kier molecular flexibility index (Phi) is 4.60. The van der Waals surface area contributed by atoms with E-state index in [4.69, 9.17) is 27.9 Å². The van der Waals surface area contributed by atoms with E-state index in [1.807, 2.05) is 42.5 Å². The van der Waals surface area contributed by atoms with Crippen molar-refractivity contribution in [2.24, 2.45) is 0 Å². The fourth-order valence-corrected chi connectivity index (χ4v) is 2.56. The van der Waals surface area contributed by atoms with Gasteiger partial charge in [-0.15, -0.1) is 23.4 Å². The zero-order valence-electron chi connectivity index (χ0n) is 8.90. The van der Waals surface area contributed by atoms with Gasteiger partial charge in [0.2, 0.25) is 0 Å². The van der Waals surface area contributed by atoms with E-state index in [1.165, 1.54) is 11.8 Å². The van der Waals surface area contributed by atoms with Crippen LogP contribution in [-0.2, 0) is 0 Å². The summed E-state index contributed by atoms with van der Waals surface area (Å²) in [6, 6.07) is 15.2. The van der Waals surface area contributed by atoms with E-state index in [1.54, 1.807) is 6.07 Å². The van der Waals surface area contributed by atoms with Crippen molar-refractivity contribution in [1.82, 2.24) is 0 Å². The van der Waals surface area contributed by atoms with Gasteiger partial charge in [-0.05, 0) is 24.3 Å². The SMILES string of the molecule is ClCSc1cccc(Cl)c1Oc1ccccc1. The molecule has 1 nitrogen and oxygen atoms in total. The van der Waals surface area contributed by atoms with Crippen LogP contribution in [0.15, 0.2) is 53.4 Å². The molecule has 0 saturated heterocycles. The highest BCUT2D eigenvalue weighted by Gasteiger charge is 2.09. The van der Waals surface area contributed by atoms with Gasteiger partial charge in [0.25, 0.3) is 0 Å². The lowest BCUT2D eigenvalue weighted by atomic mass is 10.3. The summed E-state index contributed by atoms with van der Waals surface area (Å²) in [5.41, 5.74) is 0. The molecule has 0 amide bonds. The summed E-state index contributed by atoms with van der Waals surface area (Å²) in [6.45, 7) is 0. The van der Waals surface area contributed by atoms with Gasteiger partial charge in [-0.25, -0.2) is 0 Å². The van der Waals surface area contributed by atoms with Gasteiger partial charge in [0, 0.05) is 0 Å². The Morgan fingerprint density at radius 3 is 2.47 bits per heavy atom. The van der Waals surface area contributed by atoms with Gasteiger partial charge in [-0.1, -0.05) is 35.9 Å². The number of hydrogen-bond acceptors (Lipinski definition) is 2. The maximum absolute atomic E-state index is 6.13. The Balaban J connectivity index is 2.31. The molecule has 2 rings (SSSR count). The molecule has 17 heavy (non-hydrogen) atoms. The maximum atomic E-state index is 6.13. The van der Waals surface area contributed by atoms with Crippen molar-refractivity contribution in [2.75, 3.05) is 5.21 Å². The molecule has 0 aliphatic rings. The molecular weight excluding hydrogens is 275 g/mol. The summed E-state index contributed by atoms with van der Waals surface area (Å²) in [6.07, 6.45) is 0. The van der Waals surface area contributed by atoms with Crippen LogP contribution in [0.1, 0.15) is 0 Å². The fourth-order valence-electron chi connectivity index (χ4n) is 1.37. The maximum Gasteiger partial charge on any atom is 0.159 e. The fraction of sp³-hybridized carbons (Fsp3) is 0.0769. The molecule has 0 unspecified atom stereocenters. The van der Waals surface area contributed by atoms with Crippen molar-refractivity contribution in [3.8, 4) is 11.5 Å². The first-order valence-electron chi connectivity index (χ1n) is 5.01. The highest BCUT2D eigenvalue weighted by atomic mass is 35.5. The van der Waals surface area contributed by atoms with Crippen molar-refractivity contribution < 1.29 is 4.74 Å². The standard InChI is InChI=1S/C13H10Cl2OS/c14-9-17-12-8-4-7-11(15)13(12)16-10-5-2-1-3-6-10/h1-8H,9H2. The smallest absolute Gasteiger partial charge is 0.159 e. The molecular formula is C13H10Cl2OS. The van der Waals surface area contributed by atoms with Gasteiger partial charge in [0.1, 0.15) is 5.75 Å². The molecule has 0 bridgehead atoms. The number of thioether (sulfide) groups is 1. The molecule has 0 atom stereocenters. The number of hydrogen-bond donors (Lipinski definition) is 0. The van der Waals surface area contributed by atoms with Crippen LogP contribution in [0.3, 0.4) is 0 Å². The molecule has 4 heteroatoms. The van der Waals surface area contributed by atoms with E-state index < -0.39 is 0 Å². The first kappa shape index (κ1) is 12.6. The van der Waals surface area contributed by atoms with Crippen molar-refractivity contribution in [1.29, 1.82) is 0 Å². The molecule has 2 aromatic rings. The van der Waals surface area contributed by atoms with Crippen molar-refractivity contribution in [2.45, 2.75) is 4.90 Å². The number of halogens is 2. The molecule has 88 valence electrons. The lowest BCUT2D eigenvalue weighted by Gasteiger charge is -2.11. The highest BCUT2D eigenvalue weighted by molar-refractivity contribution is 8.00. The number of ether oxygens (including phenoxy) is 1. The first-order chi connectivity index (χ1) is 8.31. The number of rotatable bonds is 4. The number of benzene rings is 2. The molecule has 0 saturated carbocycles. The first-order valence-corrected chi connectivity index (χ1v) is 6.91. The topological polar surface area (TPSA) is 9.23 Å². The van der Waals surface area contributed by atoms with Crippen LogP contribution in [0.5, 0.6) is 11.5 Å². The third-order valence-electron chi connectivity index (χ3n) is 2.10. The normalized spacial score (nSPS) is 10.2. The minimum absolute atomic E-state index is 0.464. The molecule has 0 aromatic heterocycles. The van der Waals surface area contributed by atoms with Gasteiger partial charge in [-0.2, -0.15) is 0 Å². The predicted molar refractivity (Wildman–Crippen MR) is 74.5 cm³/mol. The Hall–Kier alpha value is -0.830. The largest absolute Gasteiger partial charge is 0.455 e. The van der Waals surface area contributed by atoms with Gasteiger partial charge >= 0.3 is 0 Å². The summed E-state index contributed by atoms with van der Waals surface area (Å²) in [5, 5.41) is 1.05. The van der Waals surface area contributed by atoms with Gasteiger partial charge in [-0.3, -0.25) is 0 Å². The summed E-state index contributed by atoms with van der Waals surface area (Å²) in [5.74, 6) is 1.42. The minimum atomic E-state index is 0.464. The Morgan fingerprint density at radius 1 is 1.00 bits per heavy atom. The second-order valence-electron chi connectivity index (χ2n) is 3.24. The molecule has 0 heterocycles. The van der Waals surface area contributed by atoms with Crippen LogP contribution in [0.25, 0.3) is 0 Å². The Labute approximate surface area is 115 Å². The molecule has 0 N–H and O–H groups in total. The zero-order valence-corrected chi connectivity index (χ0v) is 11.2. The minimum Gasteiger partial charge on any atom is -0.455 e. The van der Waals surface area contributed by atoms with E-state index >= 15 is 0 Å². The van der Waals surface area contributed by atoms with Crippen molar-refractivity contribution in [3.05, 3.63) is 53.6 Å². The van der Waals surface area contributed by atoms with E-state index in [-0.39, 0.29) is 0 Å². The number of para-hydroxylation sites is 2. The Morgan fingerprint density at radius 2 is 1.76 bits per heavy atom. The molecule has 0 fully saturated rings. The van der Waals surface area contributed by atoms with Gasteiger partial charge < -0.3 is 4.74 Å². The Bertz CT molecular complexity index is 488. The lowest BCUT2D eigenvalue weighted by molar-refractivity contribution is 0.471. The second-order valence-corrected chi connectivity index (χ2v) is 5.24. The van der Waals surface area contributed by atoms with Crippen LogP contribution >= 0.6 is 35.0 Å². The molecule has 0 aliphatic heterocycles. The highest BCUT2D eigenvalue weighted by Crippen LogP contribution is 2.38. The molecule has 0 aliphatic carbocycles. The van der Waals surface area contributed by atoms with Crippen LogP contribution in [0.2, 0.25) is 5.02 Å². The van der Waals surface area contributed by atoms with Crippen LogP contribution in [0, 0.1) is 0 Å². The average molecular weight is 285 g/mol. The van der Waals surface area contributed by atoms with Crippen molar-refractivity contribution >= 4 is 35.0 Å². The summed E-state index contributed by atoms with van der Waals surface area (Å²) in [4.78, 5) is 0.941. The monoisotopic (exact) mass is 284 g/mol. The molecule has 2 aromatic carbocycles. The zero-order chi connectivity index (χ0) is 12.1. The summed E-state index contributed by atoms with van der Waals surface area (Å²) in [7, 11) is 0. The van der Waals surface area contributed by atoms with E-state index in [0.29, 0.717) is 16.0 Å². The molecule has 0 radical (unpaired) electrons. The second kappa shape index (κ2) is 6.20. The van der Waals surface area contributed by atoms with Crippen LogP contribution in [-0.4, -0.2) is 5.21 Å². The van der Waals surface area contributed by atoms with E-state index in [9.17, 15) is 0 Å². The quantitative estimate of drug-likeness (QED) is 0.548. The van der Waals surface area contributed by atoms with Gasteiger partial charge in [0.15, 0.2) is 5.75 Å². The average Bonchev–Trinajstić information content (AvgIpc) is 2.35. The third-order valence-corrected chi connectivity index (χ3v) is 3.47. The number of alkyl halides is 1. The molecule has 0 spiro atoms. The van der Waals surface area contributed by atoms with Crippen LogP contribution in [0.4, 0.5) is 0 Å². The van der Waals surface area contributed by atoms with Crippen molar-refractivity contribution in [3.63, 3.8) is 0 Å². The van der Waals surface area contributed by atoms with E-state index in [0.717, 1.165) is 10.6 Å². The third kappa shape index (κ3) is 3.32. The summed E-state index contributed by atoms with van der Waals surface area (Å²) < 4.78 is 5.78. The van der Waals surface area contributed by atoms with E-state index in [2.05, 4.69) is 0 Å². The van der Waals surface area contributed by atoms with Crippen LogP contribution < -0.4 is 4.74 Å². The lowest BCUT2D eigenvalue weighted by Crippen LogP contribution is -1.87.